The highest BCUT2D eigenvalue weighted by Crippen LogP contribution is 2.36. The fourth-order valence-electron chi connectivity index (χ4n) is 3.64. The van der Waals surface area contributed by atoms with E-state index in [0.717, 1.165) is 38.5 Å². The fraction of sp³-hybridized carbons (Fsp3) is 0.600. The Hall–Kier alpha value is -1.59. The summed E-state index contributed by atoms with van der Waals surface area (Å²) in [5.74, 6) is -6.45. The molecule has 0 saturated heterocycles. The van der Waals surface area contributed by atoms with E-state index < -0.39 is 64.6 Å². The van der Waals surface area contributed by atoms with Crippen LogP contribution in [0.4, 0.5) is 18.9 Å². The largest absolute Gasteiger partial charge is 0.379 e. The molecule has 0 fully saturated rings. The van der Waals surface area contributed by atoms with Gasteiger partial charge in [-0.3, -0.25) is 0 Å². The van der Waals surface area contributed by atoms with Crippen LogP contribution in [0.1, 0.15) is 64.7 Å². The molecule has 1 aromatic rings. The van der Waals surface area contributed by atoms with E-state index in [4.69, 9.17) is 5.14 Å². The van der Waals surface area contributed by atoms with Crippen LogP contribution in [-0.4, -0.2) is 28.6 Å². The molecular weight excluding hydrogens is 453 g/mol. The van der Waals surface area contributed by atoms with Crippen LogP contribution < -0.4 is 10.5 Å². The maximum absolute atomic E-state index is 15.1. The predicted octanol–water partition coefficient (Wildman–Crippen LogP) is 4.41. The molecule has 2 rings (SSSR count). The first-order valence-corrected chi connectivity index (χ1v) is 13.6. The zero-order chi connectivity index (χ0) is 23.2. The van der Waals surface area contributed by atoms with Crippen LogP contribution in [0.25, 0.3) is 0 Å². The molecule has 1 aromatic carbocycles. The molecule has 11 heteroatoms. The second kappa shape index (κ2) is 10.8. The highest BCUT2D eigenvalue weighted by molar-refractivity contribution is 7.91. The molecule has 1 aliphatic carbocycles. The summed E-state index contributed by atoms with van der Waals surface area (Å²) in [6.07, 6.45) is 11.5. The number of hydrogen-bond acceptors (Lipinski definition) is 5. The van der Waals surface area contributed by atoms with Gasteiger partial charge in [-0.1, -0.05) is 44.8 Å². The van der Waals surface area contributed by atoms with Crippen LogP contribution >= 0.6 is 0 Å². The predicted molar refractivity (Wildman–Crippen MR) is 114 cm³/mol. The summed E-state index contributed by atoms with van der Waals surface area (Å²) >= 11 is 0. The Morgan fingerprint density at radius 3 is 2.10 bits per heavy atom. The molecule has 6 nitrogen and oxygen atoms in total. The quantitative estimate of drug-likeness (QED) is 0.478. The number of allylic oxidation sites excluding steroid dienone is 2. The lowest BCUT2D eigenvalue weighted by molar-refractivity contribution is 0.439. The highest BCUT2D eigenvalue weighted by Gasteiger charge is 2.36. The smallest absolute Gasteiger partial charge is 0.244 e. The number of halogens is 3. The lowest BCUT2D eigenvalue weighted by Gasteiger charge is -2.23. The summed E-state index contributed by atoms with van der Waals surface area (Å²) in [5.41, 5.74) is -0.883. The minimum atomic E-state index is -4.99. The van der Waals surface area contributed by atoms with Gasteiger partial charge >= 0.3 is 0 Å². The van der Waals surface area contributed by atoms with Gasteiger partial charge in [-0.2, -0.15) is 0 Å². The van der Waals surface area contributed by atoms with E-state index in [0.29, 0.717) is 19.3 Å². The van der Waals surface area contributed by atoms with Gasteiger partial charge in [0.05, 0.1) is 11.4 Å². The average molecular weight is 483 g/mol. The van der Waals surface area contributed by atoms with Gasteiger partial charge in [0.2, 0.25) is 10.0 Å². The van der Waals surface area contributed by atoms with Gasteiger partial charge in [-0.25, -0.2) is 35.1 Å². The third-order valence-electron chi connectivity index (χ3n) is 5.33. The zero-order valence-electron chi connectivity index (χ0n) is 17.5. The number of nitrogens with one attached hydrogen (secondary N) is 1. The number of rotatable bonds is 5. The lowest BCUT2D eigenvalue weighted by atomic mass is 10.00. The standard InChI is InChI=1S/C20H29F3N2O4S2/c1-2-30(26,27)20-16(22)15(21)19(31(24,28)29)17(23)18(20)25-14-12-10-8-6-4-3-5-7-9-11-13-14/h6,8,14,25H,2-5,7,9-13H2,1H3,(H2,24,28,29)/b8-6-/t14-/m0/s1. The summed E-state index contributed by atoms with van der Waals surface area (Å²) in [7, 11) is -9.41. The van der Waals surface area contributed by atoms with Gasteiger partial charge < -0.3 is 5.32 Å². The monoisotopic (exact) mass is 482 g/mol. The topological polar surface area (TPSA) is 106 Å². The summed E-state index contributed by atoms with van der Waals surface area (Å²) in [6.45, 7) is 1.20. The zero-order valence-corrected chi connectivity index (χ0v) is 19.1. The maximum atomic E-state index is 15.1. The van der Waals surface area contributed by atoms with Crippen molar-refractivity contribution in [3.05, 3.63) is 29.6 Å². The molecule has 1 aliphatic rings. The number of sulfone groups is 1. The molecule has 0 aliphatic heterocycles. The molecular formula is C20H29F3N2O4S2. The van der Waals surface area contributed by atoms with Gasteiger partial charge in [-0.05, 0) is 32.1 Å². The van der Waals surface area contributed by atoms with Gasteiger partial charge in [-0.15, -0.1) is 0 Å². The molecule has 176 valence electrons. The Morgan fingerprint density at radius 2 is 1.45 bits per heavy atom. The van der Waals surface area contributed by atoms with E-state index >= 15 is 4.39 Å². The summed E-state index contributed by atoms with van der Waals surface area (Å²) in [4.78, 5) is -2.89. The molecule has 0 bridgehead atoms. The van der Waals surface area contributed by atoms with Crippen molar-refractivity contribution in [2.75, 3.05) is 11.1 Å². The van der Waals surface area contributed by atoms with E-state index in [9.17, 15) is 25.6 Å². The average Bonchev–Trinajstić information content (AvgIpc) is 2.67. The number of primary sulfonamides is 1. The van der Waals surface area contributed by atoms with Crippen LogP contribution in [-0.2, 0) is 19.9 Å². The van der Waals surface area contributed by atoms with E-state index in [2.05, 4.69) is 5.32 Å². The van der Waals surface area contributed by atoms with Gasteiger partial charge in [0.1, 0.15) is 4.90 Å². The van der Waals surface area contributed by atoms with Crippen LogP contribution in [0.5, 0.6) is 0 Å². The van der Waals surface area contributed by atoms with Crippen molar-refractivity contribution in [2.24, 2.45) is 5.14 Å². The molecule has 0 heterocycles. The number of anilines is 1. The fourth-order valence-corrected chi connectivity index (χ4v) is 5.45. The number of nitrogens with two attached hydrogens (primary N) is 1. The van der Waals surface area contributed by atoms with Gasteiger partial charge in [0.25, 0.3) is 0 Å². The second-order valence-electron chi connectivity index (χ2n) is 7.66. The lowest BCUT2D eigenvalue weighted by Crippen LogP contribution is -2.26. The Balaban J connectivity index is 2.58. The number of hydrogen-bond donors (Lipinski definition) is 2. The molecule has 0 radical (unpaired) electrons. The second-order valence-corrected chi connectivity index (χ2v) is 11.4. The molecule has 3 N–H and O–H groups in total. The van der Waals surface area contributed by atoms with Crippen LogP contribution in [0, 0.1) is 17.5 Å². The molecule has 0 spiro atoms. The normalized spacial score (nSPS) is 20.5. The van der Waals surface area contributed by atoms with E-state index in [1.165, 1.54) is 6.92 Å². The van der Waals surface area contributed by atoms with Gasteiger partial charge in [0, 0.05) is 6.04 Å². The Morgan fingerprint density at radius 1 is 0.871 bits per heavy atom. The number of benzene rings is 1. The van der Waals surface area contributed by atoms with Crippen molar-refractivity contribution >= 4 is 25.5 Å². The van der Waals surface area contributed by atoms with E-state index in [1.807, 2.05) is 12.2 Å². The molecule has 1 atom stereocenters. The van der Waals surface area contributed by atoms with Gasteiger partial charge in [0.15, 0.2) is 32.2 Å². The molecule has 0 unspecified atom stereocenters. The summed E-state index contributed by atoms with van der Waals surface area (Å²) < 4.78 is 92.5. The van der Waals surface area contributed by atoms with Crippen molar-refractivity contribution in [3.8, 4) is 0 Å². The third-order valence-corrected chi connectivity index (χ3v) is 8.03. The van der Waals surface area contributed by atoms with E-state index in [1.54, 1.807) is 0 Å². The molecule has 0 amide bonds. The van der Waals surface area contributed by atoms with Crippen molar-refractivity contribution in [2.45, 2.75) is 80.5 Å². The minimum Gasteiger partial charge on any atom is -0.379 e. The SMILES string of the molecule is CCS(=O)(=O)c1c(F)c(F)c(S(N)(=O)=O)c(F)c1N[C@H]1CC/C=C\CCCCCCC1. The van der Waals surface area contributed by atoms with Crippen LogP contribution in [0.2, 0.25) is 0 Å². The Labute approximate surface area is 182 Å². The number of sulfonamides is 1. The first-order valence-electron chi connectivity index (χ1n) is 10.4. The summed E-state index contributed by atoms with van der Waals surface area (Å²) in [5, 5.41) is 7.55. The maximum Gasteiger partial charge on any atom is 0.244 e. The van der Waals surface area contributed by atoms with Crippen molar-refractivity contribution in [1.82, 2.24) is 0 Å². The molecule has 31 heavy (non-hydrogen) atoms. The van der Waals surface area contributed by atoms with Crippen molar-refractivity contribution < 1.29 is 30.0 Å². The highest BCUT2D eigenvalue weighted by atomic mass is 32.2. The van der Waals surface area contributed by atoms with Crippen molar-refractivity contribution in [1.29, 1.82) is 0 Å². The van der Waals surface area contributed by atoms with Crippen LogP contribution in [0.15, 0.2) is 21.9 Å². The first kappa shape index (κ1) is 25.7. The molecule has 0 saturated carbocycles. The minimum absolute atomic E-state index is 0.470. The Kier molecular flexibility index (Phi) is 8.96. The van der Waals surface area contributed by atoms with Crippen LogP contribution in [0.3, 0.4) is 0 Å². The first-order chi connectivity index (χ1) is 14.5. The third kappa shape index (κ3) is 6.45. The van der Waals surface area contributed by atoms with Crippen molar-refractivity contribution in [3.63, 3.8) is 0 Å². The summed E-state index contributed by atoms with van der Waals surface area (Å²) in [6, 6.07) is -0.470. The van der Waals surface area contributed by atoms with E-state index in [-0.39, 0.29) is 0 Å². The molecule has 0 aromatic heterocycles. The Bertz CT molecular complexity index is 1030.